The molecule has 1 unspecified atom stereocenters. The summed E-state index contributed by atoms with van der Waals surface area (Å²) in [7, 11) is 0. The van der Waals surface area contributed by atoms with Crippen LogP contribution in [-0.4, -0.2) is 33.3 Å². The van der Waals surface area contributed by atoms with Crippen LogP contribution in [0.1, 0.15) is 58.8 Å². The third-order valence-corrected chi connectivity index (χ3v) is 5.69. The zero-order valence-corrected chi connectivity index (χ0v) is 12.2. The molecule has 4 heteroatoms. The van der Waals surface area contributed by atoms with Crippen LogP contribution in [0.5, 0.6) is 0 Å². The van der Waals surface area contributed by atoms with Crippen LogP contribution in [-0.2, 0) is 9.53 Å². The molecule has 1 saturated carbocycles. The molecule has 0 radical (unpaired) electrons. The van der Waals surface area contributed by atoms with E-state index in [1.54, 1.807) is 11.8 Å². The van der Waals surface area contributed by atoms with Gasteiger partial charge >= 0.3 is 5.97 Å². The minimum atomic E-state index is -0.711. The Bertz CT molecular complexity index is 303. The second kappa shape index (κ2) is 5.41. The lowest BCUT2D eigenvalue weighted by Gasteiger charge is -2.44. The van der Waals surface area contributed by atoms with E-state index < -0.39 is 10.7 Å². The van der Waals surface area contributed by atoms with Crippen molar-refractivity contribution in [1.82, 2.24) is 0 Å². The fourth-order valence-electron chi connectivity index (χ4n) is 3.10. The summed E-state index contributed by atoms with van der Waals surface area (Å²) in [4.78, 5) is 11.2. The molecule has 2 aliphatic rings. The summed E-state index contributed by atoms with van der Waals surface area (Å²) in [6.07, 6.45) is 8.20. The summed E-state index contributed by atoms with van der Waals surface area (Å²) in [5, 5.41) is 9.65. The normalized spacial score (nSPS) is 28.2. The molecule has 18 heavy (non-hydrogen) atoms. The zero-order chi connectivity index (χ0) is 13.2. The van der Waals surface area contributed by atoms with Gasteiger partial charge in [0.25, 0.3) is 0 Å². The van der Waals surface area contributed by atoms with Gasteiger partial charge in [-0.2, -0.15) is 0 Å². The highest BCUT2D eigenvalue weighted by Crippen LogP contribution is 2.44. The van der Waals surface area contributed by atoms with E-state index in [4.69, 9.17) is 4.74 Å². The standard InChI is InChI=1S/C14H24O3S/c1-13(2,12(15)16)18-11-6-9-17-14(10-11)7-4-3-5-8-14/h11H,3-10H2,1-2H3,(H,15,16). The maximum Gasteiger partial charge on any atom is 0.319 e. The van der Waals surface area contributed by atoms with Crippen molar-refractivity contribution in [2.24, 2.45) is 0 Å². The van der Waals surface area contributed by atoms with Crippen molar-refractivity contribution in [2.75, 3.05) is 6.61 Å². The number of hydrogen-bond acceptors (Lipinski definition) is 3. The van der Waals surface area contributed by atoms with E-state index in [-0.39, 0.29) is 5.60 Å². The Balaban J connectivity index is 1.96. The Morgan fingerprint density at radius 1 is 1.33 bits per heavy atom. The van der Waals surface area contributed by atoms with Gasteiger partial charge in [-0.25, -0.2) is 0 Å². The Kier molecular flexibility index (Phi) is 4.27. The molecule has 1 aliphatic heterocycles. The molecule has 0 amide bonds. The number of aliphatic carboxylic acids is 1. The Morgan fingerprint density at radius 3 is 2.61 bits per heavy atom. The van der Waals surface area contributed by atoms with Gasteiger partial charge in [0, 0.05) is 11.9 Å². The Hall–Kier alpha value is -0.220. The predicted octanol–water partition coefficient (Wildman–Crippen LogP) is 3.46. The van der Waals surface area contributed by atoms with E-state index in [0.29, 0.717) is 5.25 Å². The van der Waals surface area contributed by atoms with Crippen LogP contribution >= 0.6 is 11.8 Å². The maximum atomic E-state index is 11.2. The first kappa shape index (κ1) is 14.2. The van der Waals surface area contributed by atoms with Crippen LogP contribution in [0, 0.1) is 0 Å². The fourth-order valence-corrected chi connectivity index (χ4v) is 4.63. The Morgan fingerprint density at radius 2 is 2.00 bits per heavy atom. The molecule has 1 heterocycles. The third-order valence-electron chi connectivity index (χ3n) is 4.19. The largest absolute Gasteiger partial charge is 0.480 e. The maximum absolute atomic E-state index is 11.2. The molecule has 2 fully saturated rings. The molecule has 1 N–H and O–H groups in total. The van der Waals surface area contributed by atoms with Gasteiger partial charge in [0.1, 0.15) is 4.75 Å². The quantitative estimate of drug-likeness (QED) is 0.854. The summed E-state index contributed by atoms with van der Waals surface area (Å²) < 4.78 is 5.37. The molecule has 1 aliphatic carbocycles. The molecular formula is C14H24O3S. The average Bonchev–Trinajstić information content (AvgIpc) is 2.29. The summed E-state index contributed by atoms with van der Waals surface area (Å²) in [6, 6.07) is 0. The molecule has 104 valence electrons. The highest BCUT2D eigenvalue weighted by molar-refractivity contribution is 8.01. The van der Waals surface area contributed by atoms with E-state index in [1.807, 2.05) is 13.8 Å². The fraction of sp³-hybridized carbons (Fsp3) is 0.929. The number of carboxylic acids is 1. The number of ether oxygens (including phenoxy) is 1. The lowest BCUT2D eigenvalue weighted by atomic mass is 9.80. The topological polar surface area (TPSA) is 46.5 Å². The van der Waals surface area contributed by atoms with Gasteiger partial charge in [0.2, 0.25) is 0 Å². The summed E-state index contributed by atoms with van der Waals surface area (Å²) >= 11 is 1.62. The van der Waals surface area contributed by atoms with Crippen molar-refractivity contribution in [2.45, 2.75) is 74.4 Å². The number of rotatable bonds is 3. The van der Waals surface area contributed by atoms with Crippen LogP contribution < -0.4 is 0 Å². The van der Waals surface area contributed by atoms with E-state index >= 15 is 0 Å². The van der Waals surface area contributed by atoms with Gasteiger partial charge < -0.3 is 9.84 Å². The molecule has 1 atom stereocenters. The highest BCUT2D eigenvalue weighted by atomic mass is 32.2. The highest BCUT2D eigenvalue weighted by Gasteiger charge is 2.41. The van der Waals surface area contributed by atoms with Crippen molar-refractivity contribution in [3.63, 3.8) is 0 Å². The van der Waals surface area contributed by atoms with Gasteiger partial charge in [0.05, 0.1) is 5.60 Å². The van der Waals surface area contributed by atoms with E-state index in [0.717, 1.165) is 32.3 Å². The second-order valence-electron chi connectivity index (χ2n) is 6.14. The summed E-state index contributed by atoms with van der Waals surface area (Å²) in [5.41, 5.74) is 0.0722. The first-order valence-electron chi connectivity index (χ1n) is 6.99. The van der Waals surface area contributed by atoms with Crippen LogP contribution in [0.2, 0.25) is 0 Å². The SMILES string of the molecule is CC(C)(SC1CCOC2(CCCCC2)C1)C(=O)O. The van der Waals surface area contributed by atoms with Gasteiger partial charge in [0.15, 0.2) is 0 Å². The smallest absolute Gasteiger partial charge is 0.319 e. The zero-order valence-electron chi connectivity index (χ0n) is 11.4. The van der Waals surface area contributed by atoms with Crippen LogP contribution in [0.3, 0.4) is 0 Å². The van der Waals surface area contributed by atoms with E-state index in [9.17, 15) is 9.90 Å². The van der Waals surface area contributed by atoms with Crippen LogP contribution in [0.4, 0.5) is 0 Å². The van der Waals surface area contributed by atoms with Crippen molar-refractivity contribution in [3.05, 3.63) is 0 Å². The number of hydrogen-bond donors (Lipinski definition) is 1. The van der Waals surface area contributed by atoms with Crippen LogP contribution in [0.25, 0.3) is 0 Å². The van der Waals surface area contributed by atoms with Crippen molar-refractivity contribution >= 4 is 17.7 Å². The van der Waals surface area contributed by atoms with Crippen LogP contribution in [0.15, 0.2) is 0 Å². The lowest BCUT2D eigenvalue weighted by molar-refractivity contribution is -0.139. The van der Waals surface area contributed by atoms with Gasteiger partial charge in [-0.05, 0) is 39.5 Å². The van der Waals surface area contributed by atoms with Gasteiger partial charge in [-0.3, -0.25) is 4.79 Å². The first-order chi connectivity index (χ1) is 8.44. The van der Waals surface area contributed by atoms with E-state index in [1.165, 1.54) is 19.3 Å². The average molecular weight is 272 g/mol. The minimum Gasteiger partial charge on any atom is -0.480 e. The first-order valence-corrected chi connectivity index (χ1v) is 7.87. The van der Waals surface area contributed by atoms with Crippen molar-refractivity contribution in [1.29, 1.82) is 0 Å². The molecule has 0 aromatic carbocycles. The second-order valence-corrected chi connectivity index (χ2v) is 8.06. The molecule has 0 aromatic heterocycles. The summed E-state index contributed by atoms with van der Waals surface area (Å²) in [6.45, 7) is 4.42. The van der Waals surface area contributed by atoms with Gasteiger partial charge in [-0.1, -0.05) is 19.3 Å². The Labute approximate surface area is 114 Å². The molecule has 2 rings (SSSR count). The monoisotopic (exact) mass is 272 g/mol. The lowest BCUT2D eigenvalue weighted by Crippen LogP contribution is -2.44. The molecule has 3 nitrogen and oxygen atoms in total. The number of carboxylic acid groups (broad SMARTS) is 1. The molecular weight excluding hydrogens is 248 g/mol. The van der Waals surface area contributed by atoms with E-state index in [2.05, 4.69) is 0 Å². The van der Waals surface area contributed by atoms with Gasteiger partial charge in [-0.15, -0.1) is 11.8 Å². The number of carbonyl (C=O) groups is 1. The molecule has 0 bridgehead atoms. The molecule has 1 spiro atoms. The predicted molar refractivity (Wildman–Crippen MR) is 74.1 cm³/mol. The van der Waals surface area contributed by atoms with Crippen molar-refractivity contribution < 1.29 is 14.6 Å². The number of thioether (sulfide) groups is 1. The molecule has 0 aromatic rings. The third kappa shape index (κ3) is 3.21. The minimum absolute atomic E-state index is 0.0722. The molecule has 1 saturated heterocycles. The summed E-state index contributed by atoms with van der Waals surface area (Å²) in [5.74, 6) is -0.711. The van der Waals surface area contributed by atoms with Crippen molar-refractivity contribution in [3.8, 4) is 0 Å².